The van der Waals surface area contributed by atoms with Crippen LogP contribution in [0, 0.1) is 11.8 Å². The second-order valence-corrected chi connectivity index (χ2v) is 4.65. The molecule has 0 aliphatic heterocycles. The third-order valence-electron chi connectivity index (χ3n) is 2.70. The minimum Gasteiger partial charge on any atom is -0.316 e. The molecule has 0 spiro atoms. The molecule has 0 aliphatic carbocycles. The number of nitrogens with one attached hydrogen (secondary N) is 1. The molecule has 1 aromatic heterocycles. The fourth-order valence-electron chi connectivity index (χ4n) is 1.46. The maximum absolute atomic E-state index is 4.16. The van der Waals surface area contributed by atoms with Crippen molar-refractivity contribution in [1.29, 1.82) is 0 Å². The van der Waals surface area contributed by atoms with Gasteiger partial charge < -0.3 is 5.32 Å². The van der Waals surface area contributed by atoms with E-state index >= 15 is 0 Å². The predicted octanol–water partition coefficient (Wildman–Crippen LogP) is 1.72. The summed E-state index contributed by atoms with van der Waals surface area (Å²) in [7, 11) is 0. The zero-order valence-electron chi connectivity index (χ0n) is 10.1. The molecule has 1 aromatic rings. The van der Waals surface area contributed by atoms with Crippen LogP contribution in [-0.4, -0.2) is 27.9 Å². The van der Waals surface area contributed by atoms with Crippen LogP contribution in [0.4, 0.5) is 0 Å². The van der Waals surface area contributed by atoms with Gasteiger partial charge in [0, 0.05) is 0 Å². The average molecular weight is 210 g/mol. The lowest BCUT2D eigenvalue weighted by atomic mass is 10.0. The van der Waals surface area contributed by atoms with Crippen LogP contribution in [0.25, 0.3) is 0 Å². The summed E-state index contributed by atoms with van der Waals surface area (Å²) in [5, 5.41) is 7.62. The van der Waals surface area contributed by atoms with Crippen molar-refractivity contribution in [2.24, 2.45) is 11.8 Å². The van der Waals surface area contributed by atoms with Crippen LogP contribution < -0.4 is 5.32 Å². The molecule has 4 heteroatoms. The van der Waals surface area contributed by atoms with Crippen molar-refractivity contribution in [3.05, 3.63) is 12.7 Å². The Balaban J connectivity index is 2.31. The molecule has 15 heavy (non-hydrogen) atoms. The molecule has 1 N–H and O–H groups in total. The summed E-state index contributed by atoms with van der Waals surface area (Å²) in [6.45, 7) is 11.0. The molecule has 86 valence electrons. The Morgan fingerprint density at radius 2 is 1.93 bits per heavy atom. The van der Waals surface area contributed by atoms with Crippen LogP contribution in [0.1, 0.15) is 33.7 Å². The highest BCUT2D eigenvalue weighted by Crippen LogP contribution is 2.14. The van der Waals surface area contributed by atoms with E-state index in [4.69, 9.17) is 0 Å². The Morgan fingerprint density at radius 1 is 1.20 bits per heavy atom. The van der Waals surface area contributed by atoms with Crippen molar-refractivity contribution >= 4 is 0 Å². The molecule has 2 unspecified atom stereocenters. The van der Waals surface area contributed by atoms with Gasteiger partial charge in [-0.25, -0.2) is 9.67 Å². The quantitative estimate of drug-likeness (QED) is 0.777. The number of hydrogen-bond donors (Lipinski definition) is 1. The number of hydrogen-bond acceptors (Lipinski definition) is 3. The fourth-order valence-corrected chi connectivity index (χ4v) is 1.46. The van der Waals surface area contributed by atoms with Crippen LogP contribution >= 0.6 is 0 Å². The molecule has 1 rings (SSSR count). The maximum Gasteiger partial charge on any atom is 0.137 e. The maximum atomic E-state index is 4.16. The Bertz CT molecular complexity index is 256. The second kappa shape index (κ2) is 5.85. The highest BCUT2D eigenvalue weighted by molar-refractivity contribution is 4.71. The molecule has 0 bridgehead atoms. The summed E-state index contributed by atoms with van der Waals surface area (Å²) in [6, 6.07) is 0.396. The standard InChI is InChI=1S/C11H22N4/c1-9(2)5-12-6-10(3)11(4)15-8-13-7-14-15/h7-12H,5-6H2,1-4H3. The molecule has 0 amide bonds. The first kappa shape index (κ1) is 12.2. The number of rotatable bonds is 6. The van der Waals surface area contributed by atoms with Gasteiger partial charge in [-0.2, -0.15) is 5.10 Å². The van der Waals surface area contributed by atoms with Crippen molar-refractivity contribution in [2.45, 2.75) is 33.7 Å². The molecule has 0 aromatic carbocycles. The minimum atomic E-state index is 0.396. The van der Waals surface area contributed by atoms with E-state index in [0.717, 1.165) is 13.1 Å². The first-order valence-electron chi connectivity index (χ1n) is 5.66. The number of aromatic nitrogens is 3. The third kappa shape index (κ3) is 4.00. The normalized spacial score (nSPS) is 15.5. The van der Waals surface area contributed by atoms with E-state index in [2.05, 4.69) is 43.1 Å². The Hall–Kier alpha value is -0.900. The summed E-state index contributed by atoms with van der Waals surface area (Å²) in [5.41, 5.74) is 0. The van der Waals surface area contributed by atoms with E-state index in [0.29, 0.717) is 17.9 Å². The Kier molecular flexibility index (Phi) is 4.75. The Morgan fingerprint density at radius 3 is 2.47 bits per heavy atom. The van der Waals surface area contributed by atoms with E-state index in [1.165, 1.54) is 0 Å². The lowest BCUT2D eigenvalue weighted by Gasteiger charge is -2.20. The van der Waals surface area contributed by atoms with Crippen LogP contribution in [0.15, 0.2) is 12.7 Å². The van der Waals surface area contributed by atoms with Crippen molar-refractivity contribution < 1.29 is 0 Å². The monoisotopic (exact) mass is 210 g/mol. The van der Waals surface area contributed by atoms with Gasteiger partial charge in [0.15, 0.2) is 0 Å². The van der Waals surface area contributed by atoms with E-state index < -0.39 is 0 Å². The molecule has 0 fully saturated rings. The average Bonchev–Trinajstić information content (AvgIpc) is 2.68. The van der Waals surface area contributed by atoms with Gasteiger partial charge in [-0.1, -0.05) is 20.8 Å². The van der Waals surface area contributed by atoms with E-state index in [1.807, 2.05) is 4.68 Å². The fraction of sp³-hybridized carbons (Fsp3) is 0.818. The largest absolute Gasteiger partial charge is 0.316 e. The molecular formula is C11H22N4. The first-order chi connectivity index (χ1) is 7.11. The lowest BCUT2D eigenvalue weighted by molar-refractivity contribution is 0.331. The summed E-state index contributed by atoms with van der Waals surface area (Å²) in [5.74, 6) is 1.27. The van der Waals surface area contributed by atoms with Crippen LogP contribution in [0.5, 0.6) is 0 Å². The van der Waals surface area contributed by atoms with Gasteiger partial charge in [-0.05, 0) is 31.8 Å². The van der Waals surface area contributed by atoms with Crippen molar-refractivity contribution in [2.75, 3.05) is 13.1 Å². The predicted molar refractivity (Wildman–Crippen MR) is 61.6 cm³/mol. The van der Waals surface area contributed by atoms with Gasteiger partial charge in [0.2, 0.25) is 0 Å². The molecule has 0 saturated carbocycles. The highest BCUT2D eigenvalue weighted by atomic mass is 15.3. The summed E-state index contributed by atoms with van der Waals surface area (Å²) >= 11 is 0. The second-order valence-electron chi connectivity index (χ2n) is 4.65. The summed E-state index contributed by atoms with van der Waals surface area (Å²) < 4.78 is 1.92. The SMILES string of the molecule is CC(C)CNCC(C)C(C)n1cncn1. The van der Waals surface area contributed by atoms with Crippen molar-refractivity contribution in [3.8, 4) is 0 Å². The van der Waals surface area contributed by atoms with Crippen molar-refractivity contribution in [1.82, 2.24) is 20.1 Å². The first-order valence-corrected chi connectivity index (χ1v) is 5.66. The molecular weight excluding hydrogens is 188 g/mol. The molecule has 1 heterocycles. The topological polar surface area (TPSA) is 42.7 Å². The summed E-state index contributed by atoms with van der Waals surface area (Å²) in [4.78, 5) is 3.97. The van der Waals surface area contributed by atoms with Gasteiger partial charge in [-0.3, -0.25) is 0 Å². The van der Waals surface area contributed by atoms with Crippen LogP contribution in [-0.2, 0) is 0 Å². The van der Waals surface area contributed by atoms with Gasteiger partial charge >= 0.3 is 0 Å². The Labute approximate surface area is 92.1 Å². The van der Waals surface area contributed by atoms with E-state index in [1.54, 1.807) is 12.7 Å². The summed E-state index contributed by atoms with van der Waals surface area (Å²) in [6.07, 6.45) is 3.37. The molecule has 2 atom stereocenters. The number of nitrogens with zero attached hydrogens (tertiary/aromatic N) is 3. The smallest absolute Gasteiger partial charge is 0.137 e. The van der Waals surface area contributed by atoms with Gasteiger partial charge in [0.05, 0.1) is 6.04 Å². The third-order valence-corrected chi connectivity index (χ3v) is 2.70. The molecule has 0 radical (unpaired) electrons. The molecule has 0 aliphatic rings. The highest BCUT2D eigenvalue weighted by Gasteiger charge is 2.13. The molecule has 0 saturated heterocycles. The van der Waals surface area contributed by atoms with Gasteiger partial charge in [-0.15, -0.1) is 0 Å². The zero-order chi connectivity index (χ0) is 11.3. The van der Waals surface area contributed by atoms with Crippen LogP contribution in [0.2, 0.25) is 0 Å². The van der Waals surface area contributed by atoms with Crippen LogP contribution in [0.3, 0.4) is 0 Å². The molecule has 4 nitrogen and oxygen atoms in total. The van der Waals surface area contributed by atoms with E-state index in [-0.39, 0.29) is 0 Å². The van der Waals surface area contributed by atoms with Crippen molar-refractivity contribution in [3.63, 3.8) is 0 Å². The van der Waals surface area contributed by atoms with E-state index in [9.17, 15) is 0 Å². The van der Waals surface area contributed by atoms with Gasteiger partial charge in [0.1, 0.15) is 12.7 Å². The minimum absolute atomic E-state index is 0.396. The zero-order valence-corrected chi connectivity index (χ0v) is 10.1. The van der Waals surface area contributed by atoms with Gasteiger partial charge in [0.25, 0.3) is 0 Å². The lowest BCUT2D eigenvalue weighted by Crippen LogP contribution is -2.29.